The molecule has 0 spiro atoms. The van der Waals surface area contributed by atoms with E-state index in [9.17, 15) is 9.59 Å². The third kappa shape index (κ3) is 6.08. The maximum absolute atomic E-state index is 12.3. The topological polar surface area (TPSA) is 71.8 Å². The number of ether oxygens (including phenoxy) is 1. The lowest BCUT2D eigenvalue weighted by Gasteiger charge is -2.27. The molecule has 25 heavy (non-hydrogen) atoms. The van der Waals surface area contributed by atoms with E-state index >= 15 is 0 Å². The average Bonchev–Trinajstić information content (AvgIpc) is 3.13. The second-order valence-electron chi connectivity index (χ2n) is 5.65. The third-order valence-electron chi connectivity index (χ3n) is 3.85. The van der Waals surface area contributed by atoms with Crippen molar-refractivity contribution in [2.75, 3.05) is 19.7 Å². The molecule has 0 aliphatic heterocycles. The summed E-state index contributed by atoms with van der Waals surface area (Å²) in [6.07, 6.45) is 1.56. The highest BCUT2D eigenvalue weighted by Crippen LogP contribution is 2.19. The van der Waals surface area contributed by atoms with Crippen molar-refractivity contribution in [2.45, 2.75) is 26.4 Å². The van der Waals surface area contributed by atoms with Crippen LogP contribution in [-0.2, 0) is 20.9 Å². The van der Waals surface area contributed by atoms with E-state index in [4.69, 9.17) is 9.15 Å². The Labute approximate surface area is 147 Å². The number of hydrogen-bond acceptors (Lipinski definition) is 5. The van der Waals surface area contributed by atoms with Crippen LogP contribution in [0.25, 0.3) is 0 Å². The maximum Gasteiger partial charge on any atom is 0.320 e. The van der Waals surface area contributed by atoms with Gasteiger partial charge in [0.2, 0.25) is 5.91 Å². The molecule has 134 valence electrons. The van der Waals surface area contributed by atoms with E-state index in [0.717, 1.165) is 5.56 Å². The molecule has 1 amide bonds. The largest absolute Gasteiger partial charge is 0.467 e. The van der Waals surface area contributed by atoms with Gasteiger partial charge in [0.1, 0.15) is 5.76 Å². The summed E-state index contributed by atoms with van der Waals surface area (Å²) in [6.45, 7) is 4.51. The minimum atomic E-state index is -0.343. The van der Waals surface area contributed by atoms with Crippen LogP contribution in [0, 0.1) is 0 Å². The molecule has 0 radical (unpaired) electrons. The first kappa shape index (κ1) is 18.7. The van der Waals surface area contributed by atoms with Crippen LogP contribution in [0.2, 0.25) is 0 Å². The molecular formula is C19H24N2O4. The Kier molecular flexibility index (Phi) is 7.22. The first-order valence-electron chi connectivity index (χ1n) is 8.33. The molecule has 0 bridgehead atoms. The number of amides is 1. The monoisotopic (exact) mass is 344 g/mol. The van der Waals surface area contributed by atoms with Crippen molar-refractivity contribution < 1.29 is 18.7 Å². The van der Waals surface area contributed by atoms with Crippen molar-refractivity contribution in [2.24, 2.45) is 0 Å². The van der Waals surface area contributed by atoms with E-state index in [2.05, 4.69) is 5.32 Å². The summed E-state index contributed by atoms with van der Waals surface area (Å²) in [7, 11) is 0. The molecule has 6 nitrogen and oxygen atoms in total. The summed E-state index contributed by atoms with van der Waals surface area (Å²) in [5.74, 6) is 0.161. The van der Waals surface area contributed by atoms with Crippen molar-refractivity contribution in [3.63, 3.8) is 0 Å². The van der Waals surface area contributed by atoms with Gasteiger partial charge >= 0.3 is 5.97 Å². The number of hydrogen-bond donors (Lipinski definition) is 1. The van der Waals surface area contributed by atoms with E-state index in [1.165, 1.54) is 0 Å². The molecule has 1 aromatic carbocycles. The molecule has 2 rings (SSSR count). The Morgan fingerprint density at radius 3 is 2.56 bits per heavy atom. The maximum atomic E-state index is 12.3. The Bertz CT molecular complexity index is 655. The van der Waals surface area contributed by atoms with Gasteiger partial charge in [0.05, 0.1) is 32.5 Å². The van der Waals surface area contributed by atoms with Crippen molar-refractivity contribution in [3.8, 4) is 0 Å². The van der Waals surface area contributed by atoms with Gasteiger partial charge in [0.25, 0.3) is 0 Å². The first-order valence-corrected chi connectivity index (χ1v) is 8.33. The molecule has 2 aromatic rings. The number of rotatable bonds is 9. The Morgan fingerprint density at radius 2 is 1.92 bits per heavy atom. The van der Waals surface area contributed by atoms with Gasteiger partial charge in [-0.2, -0.15) is 0 Å². The van der Waals surface area contributed by atoms with Crippen LogP contribution in [0.5, 0.6) is 0 Å². The zero-order chi connectivity index (χ0) is 18.1. The lowest BCUT2D eigenvalue weighted by atomic mass is 10.1. The molecule has 1 aromatic heterocycles. The van der Waals surface area contributed by atoms with E-state index in [0.29, 0.717) is 18.9 Å². The molecule has 0 aliphatic rings. The minimum Gasteiger partial charge on any atom is -0.467 e. The molecule has 0 saturated heterocycles. The Morgan fingerprint density at radius 1 is 1.16 bits per heavy atom. The molecule has 1 atom stereocenters. The Balaban J connectivity index is 2.00. The van der Waals surface area contributed by atoms with Crippen molar-refractivity contribution in [3.05, 3.63) is 60.1 Å². The molecule has 0 aliphatic carbocycles. The second-order valence-corrected chi connectivity index (χ2v) is 5.65. The number of esters is 1. The highest BCUT2D eigenvalue weighted by Gasteiger charge is 2.22. The van der Waals surface area contributed by atoms with Crippen LogP contribution >= 0.6 is 0 Å². The molecule has 0 fully saturated rings. The first-order chi connectivity index (χ1) is 12.1. The zero-order valence-electron chi connectivity index (χ0n) is 14.6. The number of benzene rings is 1. The third-order valence-corrected chi connectivity index (χ3v) is 3.85. The number of carbonyl (C=O) groups excluding carboxylic acids is 2. The quantitative estimate of drug-likeness (QED) is 0.708. The van der Waals surface area contributed by atoms with Crippen LogP contribution in [0.15, 0.2) is 53.1 Å². The molecule has 0 unspecified atom stereocenters. The van der Waals surface area contributed by atoms with Crippen LogP contribution in [0.1, 0.15) is 31.2 Å². The normalized spacial score (nSPS) is 12.0. The van der Waals surface area contributed by atoms with Gasteiger partial charge in [-0.3, -0.25) is 14.5 Å². The van der Waals surface area contributed by atoms with Gasteiger partial charge in [0.15, 0.2) is 0 Å². The predicted octanol–water partition coefficient (Wildman–Crippen LogP) is 2.52. The highest BCUT2D eigenvalue weighted by atomic mass is 16.5. The van der Waals surface area contributed by atoms with Gasteiger partial charge in [-0.05, 0) is 31.5 Å². The van der Waals surface area contributed by atoms with Crippen LogP contribution in [0.3, 0.4) is 0 Å². The lowest BCUT2D eigenvalue weighted by molar-refractivity contribution is -0.145. The predicted molar refractivity (Wildman–Crippen MR) is 93.6 cm³/mol. The molecule has 1 heterocycles. The summed E-state index contributed by atoms with van der Waals surface area (Å²) < 4.78 is 10.2. The summed E-state index contributed by atoms with van der Waals surface area (Å²) in [5.41, 5.74) is 1.03. The number of nitrogens with one attached hydrogen (secondary N) is 1. The van der Waals surface area contributed by atoms with Gasteiger partial charge in [-0.15, -0.1) is 0 Å². The summed E-state index contributed by atoms with van der Waals surface area (Å²) in [5, 5.41) is 2.80. The summed E-state index contributed by atoms with van der Waals surface area (Å²) in [4.78, 5) is 26.0. The molecule has 0 saturated carbocycles. The Hall–Kier alpha value is -2.60. The minimum absolute atomic E-state index is 0.0536. The molecular weight excluding hydrogens is 320 g/mol. The van der Waals surface area contributed by atoms with Crippen LogP contribution in [0.4, 0.5) is 0 Å². The van der Waals surface area contributed by atoms with Gasteiger partial charge in [0, 0.05) is 6.04 Å². The van der Waals surface area contributed by atoms with E-state index < -0.39 is 0 Å². The van der Waals surface area contributed by atoms with Crippen LogP contribution < -0.4 is 5.32 Å². The number of nitrogens with zero attached hydrogens (tertiary/aromatic N) is 1. The standard InChI is InChI=1S/C19H24N2O4/c1-3-24-19(23)14-21(15(2)16-8-5-4-6-9-16)13-18(22)20-12-17-10-7-11-25-17/h4-11,15H,3,12-14H2,1-2H3,(H,20,22)/t15-/m1/s1. The van der Waals surface area contributed by atoms with Crippen molar-refractivity contribution in [1.29, 1.82) is 0 Å². The fourth-order valence-electron chi connectivity index (χ4n) is 2.48. The van der Waals surface area contributed by atoms with Crippen molar-refractivity contribution in [1.82, 2.24) is 10.2 Å². The highest BCUT2D eigenvalue weighted by molar-refractivity contribution is 5.79. The number of furan rings is 1. The van der Waals surface area contributed by atoms with Gasteiger partial charge in [-0.1, -0.05) is 30.3 Å². The average molecular weight is 344 g/mol. The fraction of sp³-hybridized carbons (Fsp3) is 0.368. The van der Waals surface area contributed by atoms with E-state index in [1.807, 2.05) is 37.3 Å². The SMILES string of the molecule is CCOC(=O)CN(CC(=O)NCc1ccco1)[C@H](C)c1ccccc1. The summed E-state index contributed by atoms with van der Waals surface area (Å²) in [6, 6.07) is 13.2. The second kappa shape index (κ2) is 9.64. The van der Waals surface area contributed by atoms with Crippen molar-refractivity contribution >= 4 is 11.9 Å². The zero-order valence-corrected chi connectivity index (χ0v) is 14.6. The fourth-order valence-corrected chi connectivity index (χ4v) is 2.48. The molecule has 6 heteroatoms. The van der Waals surface area contributed by atoms with E-state index in [-0.39, 0.29) is 31.0 Å². The van der Waals surface area contributed by atoms with E-state index in [1.54, 1.807) is 30.2 Å². The van der Waals surface area contributed by atoms with Gasteiger partial charge < -0.3 is 14.5 Å². The lowest BCUT2D eigenvalue weighted by Crippen LogP contribution is -2.41. The number of carbonyl (C=O) groups is 2. The van der Waals surface area contributed by atoms with Crippen LogP contribution in [-0.4, -0.2) is 36.5 Å². The molecule has 1 N–H and O–H groups in total. The summed E-state index contributed by atoms with van der Waals surface area (Å²) >= 11 is 0. The smallest absolute Gasteiger partial charge is 0.320 e. The van der Waals surface area contributed by atoms with Gasteiger partial charge in [-0.25, -0.2) is 0 Å².